The second-order valence-corrected chi connectivity index (χ2v) is 12.8. The number of thiophene rings is 1. The number of urea groups is 1. The summed E-state index contributed by atoms with van der Waals surface area (Å²) in [6, 6.07) is 12.2. The molecule has 0 saturated heterocycles. The standard InChI is InChI=1S/C31H25FN4O8S2/c1-15-25-10-9-23(28(15)46(25,40)41)36-13-20(16-7-5-6-8-22(16)36)33-19-12-18(17(32)11-24(19)42-2)34-31(39)35-21-14-45-27(30(38)44-4)26(21)29(37)43-3/h5-14,33H,1-4H3,(H2,34,35,39). The molecule has 0 radical (unpaired) electrons. The number of halogens is 1. The van der Waals surface area contributed by atoms with Crippen molar-refractivity contribution in [2.75, 3.05) is 37.3 Å². The van der Waals surface area contributed by atoms with Crippen molar-refractivity contribution < 1.29 is 41.4 Å². The van der Waals surface area contributed by atoms with E-state index in [2.05, 4.69) is 16.0 Å². The molecule has 0 unspecified atom stereocenters. The molecule has 12 nitrogen and oxygen atoms in total. The number of aromatic nitrogens is 1. The number of sulfone groups is 1. The number of carbonyl (C=O) groups is 3. The lowest BCUT2D eigenvalue weighted by atomic mass is 10.2. The molecule has 2 bridgehead atoms. The van der Waals surface area contributed by atoms with Gasteiger partial charge in [0.05, 0.1) is 65.1 Å². The van der Waals surface area contributed by atoms with Crippen LogP contribution in [0.4, 0.5) is 31.9 Å². The lowest BCUT2D eigenvalue weighted by Gasteiger charge is -2.25. The number of carbonyl (C=O) groups excluding carboxylic acids is 3. The van der Waals surface area contributed by atoms with E-state index in [1.807, 2.05) is 24.3 Å². The molecule has 3 N–H and O–H groups in total. The van der Waals surface area contributed by atoms with Gasteiger partial charge in [-0.1, -0.05) is 18.2 Å². The first-order valence-corrected chi connectivity index (χ1v) is 15.9. The summed E-state index contributed by atoms with van der Waals surface area (Å²) in [5.41, 5.74) is 2.28. The Bertz CT molecular complexity index is 2210. The first-order chi connectivity index (χ1) is 22.0. The zero-order valence-corrected chi connectivity index (χ0v) is 26.3. The fourth-order valence-electron chi connectivity index (χ4n) is 5.36. The van der Waals surface area contributed by atoms with Crippen LogP contribution >= 0.6 is 11.3 Å². The Morgan fingerprint density at radius 2 is 1.61 bits per heavy atom. The number of hydrogen-bond acceptors (Lipinski definition) is 10. The Morgan fingerprint density at radius 1 is 0.891 bits per heavy atom. The fourth-order valence-corrected chi connectivity index (χ4v) is 8.03. The topological polar surface area (TPSA) is 154 Å². The second kappa shape index (κ2) is 11.5. The number of nitrogens with zero attached hydrogens (tertiary/aromatic N) is 1. The van der Waals surface area contributed by atoms with Crippen molar-refractivity contribution in [3.8, 4) is 11.4 Å². The van der Waals surface area contributed by atoms with Gasteiger partial charge in [0.1, 0.15) is 16.2 Å². The van der Waals surface area contributed by atoms with Crippen LogP contribution in [0, 0.1) is 12.7 Å². The average Bonchev–Trinajstić information content (AvgIpc) is 3.63. The molecule has 0 atom stereocenters. The molecule has 46 heavy (non-hydrogen) atoms. The van der Waals surface area contributed by atoms with Crippen molar-refractivity contribution in [3.05, 3.63) is 81.9 Å². The van der Waals surface area contributed by atoms with E-state index in [0.29, 0.717) is 21.8 Å². The van der Waals surface area contributed by atoms with Gasteiger partial charge in [-0.2, -0.15) is 0 Å². The molecule has 4 heterocycles. The highest BCUT2D eigenvalue weighted by Gasteiger charge is 2.37. The average molecular weight is 665 g/mol. The van der Waals surface area contributed by atoms with Crippen molar-refractivity contribution >= 4 is 72.8 Å². The largest absolute Gasteiger partial charge is 0.494 e. The minimum Gasteiger partial charge on any atom is -0.494 e. The van der Waals surface area contributed by atoms with Gasteiger partial charge in [0, 0.05) is 23.0 Å². The Morgan fingerprint density at radius 3 is 2.28 bits per heavy atom. The number of nitrogens with one attached hydrogen (secondary N) is 3. The third-order valence-corrected chi connectivity index (χ3v) is 10.5. The lowest BCUT2D eigenvalue weighted by molar-refractivity contribution is 0.0561. The van der Waals surface area contributed by atoms with E-state index in [1.165, 1.54) is 18.6 Å². The first kappa shape index (κ1) is 30.6. The summed E-state index contributed by atoms with van der Waals surface area (Å²) in [6.45, 7) is 1.76. The number of rotatable bonds is 8. The molecule has 15 heteroatoms. The molecule has 2 amide bonds. The van der Waals surface area contributed by atoms with Crippen LogP contribution in [0.3, 0.4) is 0 Å². The number of benzene rings is 3. The molecule has 0 saturated carbocycles. The molecule has 0 spiro atoms. The van der Waals surface area contributed by atoms with E-state index in [1.54, 1.807) is 29.8 Å². The minimum absolute atomic E-state index is 0.0346. The van der Waals surface area contributed by atoms with Crippen LogP contribution in [0.1, 0.15) is 25.6 Å². The highest BCUT2D eigenvalue weighted by atomic mass is 32.2. The van der Waals surface area contributed by atoms with Crippen molar-refractivity contribution in [1.82, 2.24) is 4.57 Å². The van der Waals surface area contributed by atoms with Gasteiger partial charge in [0.25, 0.3) is 0 Å². The van der Waals surface area contributed by atoms with Gasteiger partial charge in [-0.15, -0.1) is 11.3 Å². The number of esters is 2. The van der Waals surface area contributed by atoms with Gasteiger partial charge < -0.3 is 34.7 Å². The van der Waals surface area contributed by atoms with E-state index in [4.69, 9.17) is 14.2 Å². The van der Waals surface area contributed by atoms with Gasteiger partial charge in [0.15, 0.2) is 5.82 Å². The predicted molar refractivity (Wildman–Crippen MR) is 169 cm³/mol. The number of methoxy groups -OCH3 is 3. The number of ether oxygens (including phenoxy) is 3. The zero-order valence-electron chi connectivity index (χ0n) is 24.7. The predicted octanol–water partition coefficient (Wildman–Crippen LogP) is 6.26. The van der Waals surface area contributed by atoms with Crippen LogP contribution in [0.15, 0.2) is 69.9 Å². The maximum Gasteiger partial charge on any atom is 0.349 e. The maximum atomic E-state index is 15.2. The van der Waals surface area contributed by atoms with Gasteiger partial charge >= 0.3 is 18.0 Å². The van der Waals surface area contributed by atoms with E-state index in [-0.39, 0.29) is 38.1 Å². The van der Waals surface area contributed by atoms with E-state index in [0.717, 1.165) is 42.5 Å². The third-order valence-electron chi connectivity index (χ3n) is 7.47. The molecule has 2 aromatic heterocycles. The quantitative estimate of drug-likeness (QED) is 0.160. The molecular formula is C31H25FN4O8S2. The highest BCUT2D eigenvalue weighted by molar-refractivity contribution is 7.93. The summed E-state index contributed by atoms with van der Waals surface area (Å²) in [4.78, 5) is 37.9. The van der Waals surface area contributed by atoms with Gasteiger partial charge in [0.2, 0.25) is 9.84 Å². The van der Waals surface area contributed by atoms with Crippen LogP contribution in [0.25, 0.3) is 16.6 Å². The highest BCUT2D eigenvalue weighted by Crippen LogP contribution is 2.44. The molecule has 236 valence electrons. The normalized spacial score (nSPS) is 12.6. The maximum absolute atomic E-state index is 15.2. The second-order valence-electron chi connectivity index (χ2n) is 10.0. The molecule has 2 aliphatic heterocycles. The number of aryl methyl sites for hydroxylation is 1. The SMILES string of the molecule is COC(=O)c1scc(NC(=O)Nc2cc(Nc3cn(-c4ccc5c(C)c4S5(=O)=O)c4ccccc34)c(OC)cc2F)c1C(=O)OC. The number of anilines is 4. The molecular weight excluding hydrogens is 639 g/mol. The lowest BCUT2D eigenvalue weighted by Crippen LogP contribution is -2.22. The minimum atomic E-state index is -3.52. The zero-order chi connectivity index (χ0) is 32.9. The van der Waals surface area contributed by atoms with E-state index < -0.39 is 33.6 Å². The van der Waals surface area contributed by atoms with Gasteiger partial charge in [-0.3, -0.25) is 0 Å². The smallest absolute Gasteiger partial charge is 0.349 e. The first-order valence-electron chi connectivity index (χ1n) is 13.5. The number of para-hydroxylation sites is 1. The van der Waals surface area contributed by atoms with E-state index >= 15 is 4.39 Å². The molecule has 0 aliphatic carbocycles. The van der Waals surface area contributed by atoms with Crippen LogP contribution in [-0.2, 0) is 19.3 Å². The summed E-state index contributed by atoms with van der Waals surface area (Å²) in [5, 5.41) is 10.2. The number of amides is 2. The number of fused-ring (bicyclic) bond motifs is 3. The van der Waals surface area contributed by atoms with Crippen LogP contribution in [0.2, 0.25) is 0 Å². The Kier molecular flexibility index (Phi) is 7.65. The summed E-state index contributed by atoms with van der Waals surface area (Å²) in [6.07, 6.45) is 1.73. The summed E-state index contributed by atoms with van der Waals surface area (Å²) >= 11 is 0.865. The van der Waals surface area contributed by atoms with Gasteiger partial charge in [-0.05, 0) is 36.8 Å². The Balaban J connectivity index is 1.33. The van der Waals surface area contributed by atoms with Crippen molar-refractivity contribution in [2.24, 2.45) is 0 Å². The number of hydrogen-bond donors (Lipinski definition) is 3. The van der Waals surface area contributed by atoms with Crippen molar-refractivity contribution in [2.45, 2.75) is 16.7 Å². The van der Waals surface area contributed by atoms with Crippen molar-refractivity contribution in [3.63, 3.8) is 0 Å². The van der Waals surface area contributed by atoms with Crippen LogP contribution in [-0.4, -0.2) is 52.3 Å². The summed E-state index contributed by atoms with van der Waals surface area (Å²) in [7, 11) is 0.108. The monoisotopic (exact) mass is 664 g/mol. The van der Waals surface area contributed by atoms with Crippen LogP contribution < -0.4 is 20.7 Å². The van der Waals surface area contributed by atoms with E-state index in [9.17, 15) is 22.8 Å². The summed E-state index contributed by atoms with van der Waals surface area (Å²) in [5.74, 6) is -2.36. The molecule has 5 aromatic rings. The molecule has 7 rings (SSSR count). The summed E-state index contributed by atoms with van der Waals surface area (Å²) < 4.78 is 57.4. The molecule has 2 aliphatic rings. The fraction of sp³-hybridized carbons (Fsp3) is 0.129. The molecule has 0 fully saturated rings. The Labute approximate surface area is 265 Å². The van der Waals surface area contributed by atoms with Gasteiger partial charge in [-0.25, -0.2) is 27.2 Å². The third kappa shape index (κ3) is 4.89. The van der Waals surface area contributed by atoms with Crippen LogP contribution in [0.5, 0.6) is 5.75 Å². The molecule has 3 aromatic carbocycles. The Hall–Kier alpha value is -5.41. The van der Waals surface area contributed by atoms with Crippen molar-refractivity contribution in [1.29, 1.82) is 0 Å².